The van der Waals surface area contributed by atoms with Crippen molar-refractivity contribution in [3.05, 3.63) is 52.2 Å². The molecule has 0 atom stereocenters. The van der Waals surface area contributed by atoms with E-state index < -0.39 is 21.7 Å². The second-order valence-electron chi connectivity index (χ2n) is 6.70. The van der Waals surface area contributed by atoms with Crippen molar-refractivity contribution < 1.29 is 17.6 Å². The molecule has 0 radical (unpaired) electrons. The van der Waals surface area contributed by atoms with Crippen LogP contribution in [-0.4, -0.2) is 31.7 Å². The number of aryl methyl sites for hydroxylation is 1. The molecule has 1 saturated heterocycles. The standard InChI is InChI=1S/C19H23FN2O3S/c1-14-8-9-16(13-18(14)20)21-19(23)15-6-5-7-17(12-15)26(24,25)22-10-3-2-4-11-22/h7-9,12-13H,2-6,10-11H2,1H3,(H,21,23). The monoisotopic (exact) mass is 378 g/mol. The van der Waals surface area contributed by atoms with Gasteiger partial charge in [-0.15, -0.1) is 0 Å². The van der Waals surface area contributed by atoms with Gasteiger partial charge in [0.15, 0.2) is 0 Å². The zero-order valence-electron chi connectivity index (χ0n) is 14.8. The number of hydrogen-bond donors (Lipinski definition) is 1. The fourth-order valence-electron chi connectivity index (χ4n) is 3.17. The molecule has 0 bridgehead atoms. The molecule has 1 fully saturated rings. The van der Waals surface area contributed by atoms with E-state index in [1.807, 2.05) is 0 Å². The molecule has 5 nitrogen and oxygen atoms in total. The van der Waals surface area contributed by atoms with Gasteiger partial charge in [0.05, 0.1) is 4.91 Å². The van der Waals surface area contributed by atoms with Gasteiger partial charge in [-0.2, -0.15) is 4.31 Å². The molecule has 3 rings (SSSR count). The zero-order valence-corrected chi connectivity index (χ0v) is 15.6. The van der Waals surface area contributed by atoms with Crippen molar-refractivity contribution in [2.24, 2.45) is 0 Å². The summed E-state index contributed by atoms with van der Waals surface area (Å²) in [6.45, 7) is 2.70. The Kier molecular flexibility index (Phi) is 5.58. The van der Waals surface area contributed by atoms with Crippen molar-refractivity contribution in [2.75, 3.05) is 18.4 Å². The van der Waals surface area contributed by atoms with Crippen LogP contribution in [0.25, 0.3) is 0 Å². The van der Waals surface area contributed by atoms with Crippen LogP contribution in [0.5, 0.6) is 0 Å². The normalized spacial score (nSPS) is 18.8. The lowest BCUT2D eigenvalue weighted by Crippen LogP contribution is -2.36. The van der Waals surface area contributed by atoms with E-state index in [1.54, 1.807) is 25.1 Å². The van der Waals surface area contributed by atoms with Crippen LogP contribution < -0.4 is 5.32 Å². The highest BCUT2D eigenvalue weighted by molar-refractivity contribution is 7.93. The van der Waals surface area contributed by atoms with Gasteiger partial charge in [0.2, 0.25) is 10.0 Å². The van der Waals surface area contributed by atoms with Gasteiger partial charge in [-0.3, -0.25) is 4.79 Å². The number of hydrogen-bond acceptors (Lipinski definition) is 3. The Morgan fingerprint density at radius 2 is 1.92 bits per heavy atom. The van der Waals surface area contributed by atoms with E-state index in [4.69, 9.17) is 0 Å². The van der Waals surface area contributed by atoms with E-state index in [2.05, 4.69) is 5.32 Å². The van der Waals surface area contributed by atoms with E-state index in [0.29, 0.717) is 42.8 Å². The largest absolute Gasteiger partial charge is 0.322 e. The van der Waals surface area contributed by atoms with Gasteiger partial charge in [0, 0.05) is 24.4 Å². The number of carbonyl (C=O) groups excluding carboxylic acids is 1. The average molecular weight is 378 g/mol. The molecule has 7 heteroatoms. The molecule has 2 aliphatic rings. The Balaban J connectivity index is 1.76. The van der Waals surface area contributed by atoms with Crippen LogP contribution in [0.2, 0.25) is 0 Å². The summed E-state index contributed by atoms with van der Waals surface area (Å²) in [5, 5.41) is 2.65. The highest BCUT2D eigenvalue weighted by atomic mass is 32.2. The minimum absolute atomic E-state index is 0.186. The third-order valence-electron chi connectivity index (χ3n) is 4.75. The first-order valence-electron chi connectivity index (χ1n) is 8.86. The Labute approximate surface area is 153 Å². The lowest BCUT2D eigenvalue weighted by atomic mass is 10.0. The van der Waals surface area contributed by atoms with E-state index in [0.717, 1.165) is 19.3 Å². The topological polar surface area (TPSA) is 66.5 Å². The van der Waals surface area contributed by atoms with Crippen LogP contribution in [0, 0.1) is 12.7 Å². The van der Waals surface area contributed by atoms with Crippen LogP contribution in [-0.2, 0) is 14.8 Å². The second kappa shape index (κ2) is 7.72. The lowest BCUT2D eigenvalue weighted by Gasteiger charge is -2.27. The van der Waals surface area contributed by atoms with E-state index in [1.165, 1.54) is 16.4 Å². The molecule has 1 N–H and O–H groups in total. The number of nitrogens with zero attached hydrogens (tertiary/aromatic N) is 1. The molecule has 140 valence electrons. The summed E-state index contributed by atoms with van der Waals surface area (Å²) in [5.41, 5.74) is 1.25. The van der Waals surface area contributed by atoms with Crippen molar-refractivity contribution >= 4 is 21.6 Å². The molecule has 0 unspecified atom stereocenters. The summed E-state index contributed by atoms with van der Waals surface area (Å²) in [5.74, 6) is -0.790. The molecule has 1 aliphatic carbocycles. The average Bonchev–Trinajstić information content (AvgIpc) is 2.65. The highest BCUT2D eigenvalue weighted by Crippen LogP contribution is 2.27. The summed E-state index contributed by atoms with van der Waals surface area (Å²) in [7, 11) is -3.56. The summed E-state index contributed by atoms with van der Waals surface area (Å²) in [6.07, 6.45) is 6.84. The Morgan fingerprint density at radius 1 is 1.19 bits per heavy atom. The van der Waals surface area contributed by atoms with Gasteiger partial charge in [-0.1, -0.05) is 18.6 Å². The quantitative estimate of drug-likeness (QED) is 0.872. The predicted octanol–water partition coefficient (Wildman–Crippen LogP) is 3.49. The van der Waals surface area contributed by atoms with Gasteiger partial charge in [-0.25, -0.2) is 12.8 Å². The third kappa shape index (κ3) is 4.04. The number of carbonyl (C=O) groups is 1. The van der Waals surface area contributed by atoms with Gasteiger partial charge < -0.3 is 5.32 Å². The lowest BCUT2D eigenvalue weighted by molar-refractivity contribution is -0.113. The minimum Gasteiger partial charge on any atom is -0.322 e. The van der Waals surface area contributed by atoms with E-state index >= 15 is 0 Å². The van der Waals surface area contributed by atoms with Crippen LogP contribution >= 0.6 is 0 Å². The maximum Gasteiger partial charge on any atom is 0.251 e. The summed E-state index contributed by atoms with van der Waals surface area (Å²) < 4.78 is 40.7. The predicted molar refractivity (Wildman–Crippen MR) is 99.5 cm³/mol. The Bertz CT molecular complexity index is 869. The van der Waals surface area contributed by atoms with Crippen LogP contribution in [0.3, 0.4) is 0 Å². The van der Waals surface area contributed by atoms with Gasteiger partial charge >= 0.3 is 0 Å². The van der Waals surface area contributed by atoms with Gasteiger partial charge in [-0.05, 0) is 56.4 Å². The molecule has 0 spiro atoms. The number of rotatable bonds is 4. The SMILES string of the molecule is Cc1ccc(NC(=O)C2=CC(S(=O)(=O)N3CCCCC3)=CCC2)cc1F. The summed E-state index contributed by atoms with van der Waals surface area (Å²) in [6, 6.07) is 4.48. The van der Waals surface area contributed by atoms with Crippen molar-refractivity contribution in [1.82, 2.24) is 4.31 Å². The molecule has 26 heavy (non-hydrogen) atoms. The maximum absolute atomic E-state index is 13.6. The Morgan fingerprint density at radius 3 is 2.62 bits per heavy atom. The zero-order chi connectivity index (χ0) is 18.7. The number of nitrogens with one attached hydrogen (secondary N) is 1. The number of amides is 1. The van der Waals surface area contributed by atoms with Gasteiger partial charge in [0.25, 0.3) is 5.91 Å². The number of anilines is 1. The number of sulfonamides is 1. The minimum atomic E-state index is -3.56. The van der Waals surface area contributed by atoms with Crippen molar-refractivity contribution in [3.63, 3.8) is 0 Å². The highest BCUT2D eigenvalue weighted by Gasteiger charge is 2.29. The molecule has 1 aliphatic heterocycles. The molecule has 1 heterocycles. The summed E-state index contributed by atoms with van der Waals surface area (Å²) in [4.78, 5) is 12.7. The summed E-state index contributed by atoms with van der Waals surface area (Å²) >= 11 is 0. The molecule has 1 amide bonds. The number of allylic oxidation sites excluding steroid dienone is 2. The first-order chi connectivity index (χ1) is 12.4. The third-order valence-corrected chi connectivity index (χ3v) is 6.68. The maximum atomic E-state index is 13.6. The molecule has 1 aromatic carbocycles. The molecule has 0 saturated carbocycles. The molecule has 1 aromatic rings. The first-order valence-corrected chi connectivity index (χ1v) is 10.3. The van der Waals surface area contributed by atoms with E-state index in [9.17, 15) is 17.6 Å². The van der Waals surface area contributed by atoms with Gasteiger partial charge in [0.1, 0.15) is 5.82 Å². The number of piperidine rings is 1. The van der Waals surface area contributed by atoms with Crippen molar-refractivity contribution in [3.8, 4) is 0 Å². The molecular weight excluding hydrogens is 355 g/mol. The van der Waals surface area contributed by atoms with Crippen LogP contribution in [0.4, 0.5) is 10.1 Å². The van der Waals surface area contributed by atoms with Crippen LogP contribution in [0.1, 0.15) is 37.7 Å². The van der Waals surface area contributed by atoms with Crippen molar-refractivity contribution in [1.29, 1.82) is 0 Å². The molecular formula is C19H23FN2O3S. The smallest absolute Gasteiger partial charge is 0.251 e. The fourth-order valence-corrected chi connectivity index (χ4v) is 4.82. The second-order valence-corrected chi connectivity index (χ2v) is 8.64. The van der Waals surface area contributed by atoms with E-state index in [-0.39, 0.29) is 4.91 Å². The van der Waals surface area contributed by atoms with Crippen LogP contribution in [0.15, 0.2) is 40.8 Å². The fraction of sp³-hybridized carbons (Fsp3) is 0.421. The Hall–Kier alpha value is -1.99. The number of benzene rings is 1. The first kappa shape index (κ1) is 18.8. The molecule has 0 aromatic heterocycles. The van der Waals surface area contributed by atoms with Crippen molar-refractivity contribution in [2.45, 2.75) is 39.0 Å². The number of halogens is 1.